The smallest absolute Gasteiger partial charge is 0.322 e. The maximum atomic E-state index is 11.3. The van der Waals surface area contributed by atoms with E-state index in [4.69, 9.17) is 4.74 Å². The van der Waals surface area contributed by atoms with Crippen molar-refractivity contribution >= 4 is 17.8 Å². The van der Waals surface area contributed by atoms with Gasteiger partial charge in [-0.1, -0.05) is 0 Å². The minimum Gasteiger partial charge on any atom is -0.467 e. The number of carbonyl (C=O) groups excluding carboxylic acids is 1. The molecule has 0 saturated carbocycles. The van der Waals surface area contributed by atoms with Crippen molar-refractivity contribution in [1.82, 2.24) is 20.3 Å². The highest BCUT2D eigenvalue weighted by Gasteiger charge is 2.20. The van der Waals surface area contributed by atoms with E-state index in [-0.39, 0.29) is 18.5 Å². The van der Waals surface area contributed by atoms with Gasteiger partial charge in [0.2, 0.25) is 17.8 Å². The van der Waals surface area contributed by atoms with Gasteiger partial charge in [0.25, 0.3) is 0 Å². The van der Waals surface area contributed by atoms with Crippen molar-refractivity contribution in [1.29, 1.82) is 0 Å². The van der Waals surface area contributed by atoms with Crippen molar-refractivity contribution in [2.75, 3.05) is 44.0 Å². The molecule has 8 nitrogen and oxygen atoms in total. The Bertz CT molecular complexity index is 402. The Morgan fingerprint density at radius 1 is 1.41 bits per heavy atom. The first-order valence-electron chi connectivity index (χ1n) is 5.22. The van der Waals surface area contributed by atoms with E-state index in [1.807, 2.05) is 0 Å². The summed E-state index contributed by atoms with van der Waals surface area (Å²) in [4.78, 5) is 25.4. The van der Waals surface area contributed by atoms with E-state index in [9.17, 15) is 4.79 Å². The van der Waals surface area contributed by atoms with Gasteiger partial charge in [0, 0.05) is 20.1 Å². The number of anilines is 2. The summed E-state index contributed by atoms with van der Waals surface area (Å²) in [7, 11) is 3.20. The lowest BCUT2D eigenvalue weighted by atomic mass is 10.4. The average molecular weight is 238 g/mol. The van der Waals surface area contributed by atoms with Crippen LogP contribution in [0, 0.1) is 0 Å². The Kier molecular flexibility index (Phi) is 3.22. The van der Waals surface area contributed by atoms with Crippen molar-refractivity contribution < 1.29 is 9.53 Å². The fourth-order valence-corrected chi connectivity index (χ4v) is 1.50. The molecule has 1 aromatic heterocycles. The molecular formula is C9H14N6O2. The lowest BCUT2D eigenvalue weighted by Crippen LogP contribution is -2.48. The minimum absolute atomic E-state index is 0.0402. The predicted molar refractivity (Wildman–Crippen MR) is 61.1 cm³/mol. The van der Waals surface area contributed by atoms with Gasteiger partial charge >= 0.3 is 6.01 Å². The highest BCUT2D eigenvalue weighted by Crippen LogP contribution is 2.14. The molecule has 0 radical (unpaired) electrons. The molecule has 1 saturated heterocycles. The molecule has 1 fully saturated rings. The van der Waals surface area contributed by atoms with E-state index in [1.54, 1.807) is 11.9 Å². The van der Waals surface area contributed by atoms with Crippen molar-refractivity contribution in [2.45, 2.75) is 0 Å². The molecule has 1 aliphatic heterocycles. The van der Waals surface area contributed by atoms with E-state index in [2.05, 4.69) is 25.6 Å². The standard InChI is InChI=1S/C9H14N6O2/c1-10-7-12-8(14-9(13-7)17-2)15-4-3-11-6(16)5-15/h3-5H2,1-2H3,(H,11,16)(H,10,12,13,14). The van der Waals surface area contributed by atoms with Crippen LogP contribution in [-0.2, 0) is 4.79 Å². The Balaban J connectivity index is 2.26. The van der Waals surface area contributed by atoms with E-state index in [0.717, 1.165) is 0 Å². The van der Waals surface area contributed by atoms with Crippen LogP contribution in [-0.4, -0.2) is 54.7 Å². The Hall–Kier alpha value is -2.12. The van der Waals surface area contributed by atoms with Crippen molar-refractivity contribution in [3.8, 4) is 6.01 Å². The summed E-state index contributed by atoms with van der Waals surface area (Å²) in [6, 6.07) is 0.227. The molecule has 2 rings (SSSR count). The second-order valence-corrected chi connectivity index (χ2v) is 3.47. The summed E-state index contributed by atoms with van der Waals surface area (Å²) < 4.78 is 4.99. The van der Waals surface area contributed by atoms with E-state index >= 15 is 0 Å². The quantitative estimate of drug-likeness (QED) is 0.687. The number of aromatic nitrogens is 3. The van der Waals surface area contributed by atoms with Gasteiger partial charge in [0.15, 0.2) is 0 Å². The first-order valence-corrected chi connectivity index (χ1v) is 5.22. The number of hydrogen-bond acceptors (Lipinski definition) is 7. The third-order valence-electron chi connectivity index (χ3n) is 2.33. The highest BCUT2D eigenvalue weighted by atomic mass is 16.5. The van der Waals surface area contributed by atoms with Crippen LogP contribution in [0.3, 0.4) is 0 Å². The fraction of sp³-hybridized carbons (Fsp3) is 0.556. The second-order valence-electron chi connectivity index (χ2n) is 3.47. The summed E-state index contributed by atoms with van der Waals surface area (Å²) >= 11 is 0. The Morgan fingerprint density at radius 2 is 2.24 bits per heavy atom. The Morgan fingerprint density at radius 3 is 2.88 bits per heavy atom. The number of nitrogens with zero attached hydrogens (tertiary/aromatic N) is 4. The monoisotopic (exact) mass is 238 g/mol. The molecule has 1 amide bonds. The largest absolute Gasteiger partial charge is 0.467 e. The first-order chi connectivity index (χ1) is 8.22. The molecule has 1 aromatic rings. The van der Waals surface area contributed by atoms with Crippen LogP contribution in [0.1, 0.15) is 0 Å². The zero-order chi connectivity index (χ0) is 12.3. The molecule has 2 heterocycles. The van der Waals surface area contributed by atoms with Gasteiger partial charge in [-0.3, -0.25) is 4.79 Å². The number of nitrogens with one attached hydrogen (secondary N) is 2. The lowest BCUT2D eigenvalue weighted by Gasteiger charge is -2.26. The normalized spacial score (nSPS) is 15.4. The fourth-order valence-electron chi connectivity index (χ4n) is 1.50. The molecule has 0 spiro atoms. The van der Waals surface area contributed by atoms with Gasteiger partial charge < -0.3 is 20.3 Å². The highest BCUT2D eigenvalue weighted by molar-refractivity contribution is 5.81. The van der Waals surface area contributed by atoms with Crippen LogP contribution >= 0.6 is 0 Å². The van der Waals surface area contributed by atoms with Gasteiger partial charge in [-0.15, -0.1) is 0 Å². The van der Waals surface area contributed by atoms with Crippen LogP contribution in [0.5, 0.6) is 6.01 Å². The third kappa shape index (κ3) is 2.52. The Labute approximate surface area is 98.4 Å². The zero-order valence-corrected chi connectivity index (χ0v) is 9.73. The third-order valence-corrected chi connectivity index (χ3v) is 2.33. The van der Waals surface area contributed by atoms with Gasteiger partial charge in [-0.2, -0.15) is 15.0 Å². The lowest BCUT2D eigenvalue weighted by molar-refractivity contribution is -0.120. The number of rotatable bonds is 3. The number of piperazine rings is 1. The maximum Gasteiger partial charge on any atom is 0.322 e. The second kappa shape index (κ2) is 4.81. The minimum atomic E-state index is -0.0402. The number of carbonyl (C=O) groups is 1. The van der Waals surface area contributed by atoms with E-state index < -0.39 is 0 Å². The summed E-state index contributed by atoms with van der Waals surface area (Å²) in [6.45, 7) is 1.50. The van der Waals surface area contributed by atoms with E-state index in [0.29, 0.717) is 25.0 Å². The van der Waals surface area contributed by atoms with Gasteiger partial charge in [-0.25, -0.2) is 0 Å². The molecule has 0 unspecified atom stereocenters. The maximum absolute atomic E-state index is 11.3. The molecule has 2 N–H and O–H groups in total. The van der Waals surface area contributed by atoms with Gasteiger partial charge in [0.1, 0.15) is 0 Å². The van der Waals surface area contributed by atoms with E-state index in [1.165, 1.54) is 7.11 Å². The summed E-state index contributed by atoms with van der Waals surface area (Å²) in [6.07, 6.45) is 0. The molecule has 92 valence electrons. The van der Waals surface area contributed by atoms with Crippen molar-refractivity contribution in [3.05, 3.63) is 0 Å². The van der Waals surface area contributed by atoms with Crippen LogP contribution < -0.4 is 20.3 Å². The molecule has 0 aliphatic carbocycles. The summed E-state index contributed by atoms with van der Waals surface area (Å²) in [5.41, 5.74) is 0. The van der Waals surface area contributed by atoms with Crippen molar-refractivity contribution in [3.63, 3.8) is 0 Å². The summed E-state index contributed by atoms with van der Waals surface area (Å²) in [5, 5.41) is 5.56. The average Bonchev–Trinajstić information content (AvgIpc) is 2.38. The molecular weight excluding hydrogens is 224 g/mol. The number of hydrogen-bond donors (Lipinski definition) is 2. The SMILES string of the molecule is CNc1nc(OC)nc(N2CCNC(=O)C2)n1. The van der Waals surface area contributed by atoms with Gasteiger partial charge in [0.05, 0.1) is 13.7 Å². The van der Waals surface area contributed by atoms with Gasteiger partial charge in [-0.05, 0) is 0 Å². The van der Waals surface area contributed by atoms with Crippen LogP contribution in [0.25, 0.3) is 0 Å². The molecule has 0 bridgehead atoms. The molecule has 0 atom stereocenters. The first kappa shape index (κ1) is 11.4. The molecule has 8 heteroatoms. The predicted octanol–water partition coefficient (Wildman–Crippen LogP) is -1.14. The molecule has 17 heavy (non-hydrogen) atoms. The summed E-state index contributed by atoms with van der Waals surface area (Å²) in [5.74, 6) is 0.815. The van der Waals surface area contributed by atoms with Crippen LogP contribution in [0.2, 0.25) is 0 Å². The molecule has 0 aromatic carbocycles. The number of amides is 1. The molecule has 1 aliphatic rings. The number of ether oxygens (including phenoxy) is 1. The van der Waals surface area contributed by atoms with Crippen LogP contribution in [0.15, 0.2) is 0 Å². The van der Waals surface area contributed by atoms with Crippen molar-refractivity contribution in [2.24, 2.45) is 0 Å². The zero-order valence-electron chi connectivity index (χ0n) is 9.73. The number of methoxy groups -OCH3 is 1. The topological polar surface area (TPSA) is 92.3 Å². The van der Waals surface area contributed by atoms with Crippen LogP contribution in [0.4, 0.5) is 11.9 Å².